The van der Waals surface area contributed by atoms with Crippen molar-refractivity contribution in [3.63, 3.8) is 0 Å². The number of ketones is 1. The van der Waals surface area contributed by atoms with Crippen LogP contribution in [0.4, 0.5) is 0 Å². The Morgan fingerprint density at radius 1 is 1.27 bits per heavy atom. The molecule has 0 aromatic heterocycles. The van der Waals surface area contributed by atoms with E-state index in [1.807, 2.05) is 13.0 Å². The Morgan fingerprint density at radius 2 is 1.92 bits per heavy atom. The van der Waals surface area contributed by atoms with Gasteiger partial charge in [-0.05, 0) is 30.9 Å². The van der Waals surface area contributed by atoms with Crippen molar-refractivity contribution in [1.29, 1.82) is 0 Å². The number of benzene rings is 1. The summed E-state index contributed by atoms with van der Waals surface area (Å²) in [4.78, 5) is 37.2. The van der Waals surface area contributed by atoms with Gasteiger partial charge in [0, 0.05) is 5.56 Å². The molecule has 1 aromatic rings. The van der Waals surface area contributed by atoms with E-state index in [9.17, 15) is 14.4 Å². The fourth-order valence-corrected chi connectivity index (χ4v) is 2.85. The highest BCUT2D eigenvalue weighted by Gasteiger charge is 2.36. The van der Waals surface area contributed by atoms with Crippen LogP contribution in [0.3, 0.4) is 0 Å². The lowest BCUT2D eigenvalue weighted by molar-refractivity contribution is -0.128. The fourth-order valence-electron chi connectivity index (χ4n) is 2.85. The van der Waals surface area contributed by atoms with E-state index >= 15 is 0 Å². The molecule has 142 valence electrons. The molecule has 2 N–H and O–H groups in total. The lowest BCUT2D eigenvalue weighted by atomic mass is 9.83. The Labute approximate surface area is 154 Å². The number of hydrogen-bond acceptors (Lipinski definition) is 4. The molecule has 3 atom stereocenters. The lowest BCUT2D eigenvalue weighted by Gasteiger charge is -2.29. The molecule has 1 aliphatic rings. The first kappa shape index (κ1) is 20.1. The van der Waals surface area contributed by atoms with Crippen molar-refractivity contribution >= 4 is 17.6 Å². The molecule has 1 aromatic carbocycles. The normalized spacial score (nSPS) is 21.3. The summed E-state index contributed by atoms with van der Waals surface area (Å²) in [6.45, 7) is 7.91. The third-order valence-electron chi connectivity index (χ3n) is 4.97. The highest BCUT2D eigenvalue weighted by molar-refractivity contribution is 5.98. The summed E-state index contributed by atoms with van der Waals surface area (Å²) >= 11 is 0. The van der Waals surface area contributed by atoms with E-state index < -0.39 is 12.1 Å². The molecule has 1 aliphatic heterocycles. The smallest absolute Gasteiger partial charge is 0.251 e. The van der Waals surface area contributed by atoms with Crippen molar-refractivity contribution in [2.24, 2.45) is 5.41 Å². The van der Waals surface area contributed by atoms with Gasteiger partial charge in [0.15, 0.2) is 5.78 Å². The zero-order valence-electron chi connectivity index (χ0n) is 15.9. The molecule has 2 amide bonds. The van der Waals surface area contributed by atoms with Crippen LogP contribution in [0.5, 0.6) is 0 Å². The Balaban J connectivity index is 2.13. The second-order valence-electron chi connectivity index (χ2n) is 7.58. The molecule has 26 heavy (non-hydrogen) atoms. The zero-order valence-corrected chi connectivity index (χ0v) is 15.9. The van der Waals surface area contributed by atoms with E-state index in [2.05, 4.69) is 24.5 Å². The van der Waals surface area contributed by atoms with Crippen LogP contribution in [0.1, 0.15) is 50.9 Å². The molecule has 0 bridgehead atoms. The topological polar surface area (TPSA) is 84.5 Å². The maximum atomic E-state index is 12.8. The summed E-state index contributed by atoms with van der Waals surface area (Å²) in [6.07, 6.45) is 0.973. The monoisotopic (exact) mass is 360 g/mol. The number of nitrogens with one attached hydrogen (secondary N) is 2. The van der Waals surface area contributed by atoms with Crippen molar-refractivity contribution in [2.45, 2.75) is 58.7 Å². The van der Waals surface area contributed by atoms with Gasteiger partial charge in [-0.3, -0.25) is 14.4 Å². The van der Waals surface area contributed by atoms with Crippen molar-refractivity contribution < 1.29 is 19.1 Å². The third-order valence-corrected chi connectivity index (χ3v) is 4.97. The number of ether oxygens (including phenoxy) is 1. The Kier molecular flexibility index (Phi) is 6.53. The molecule has 1 heterocycles. The maximum Gasteiger partial charge on any atom is 0.251 e. The summed E-state index contributed by atoms with van der Waals surface area (Å²) < 4.78 is 5.28. The minimum absolute atomic E-state index is 0.00755. The average molecular weight is 360 g/mol. The molecule has 6 nitrogen and oxygen atoms in total. The van der Waals surface area contributed by atoms with E-state index in [4.69, 9.17) is 4.74 Å². The Morgan fingerprint density at radius 3 is 2.46 bits per heavy atom. The fraction of sp³-hybridized carbons (Fsp3) is 0.550. The highest BCUT2D eigenvalue weighted by atomic mass is 16.5. The summed E-state index contributed by atoms with van der Waals surface area (Å²) in [6, 6.07) is 7.39. The number of rotatable bonds is 7. The van der Waals surface area contributed by atoms with Gasteiger partial charge >= 0.3 is 0 Å². The number of amides is 2. The summed E-state index contributed by atoms with van der Waals surface area (Å²) in [5.41, 5.74) is 0.363. The largest absolute Gasteiger partial charge is 0.368 e. The molecule has 0 radical (unpaired) electrons. The molecule has 0 aliphatic carbocycles. The highest BCUT2D eigenvalue weighted by Crippen LogP contribution is 2.26. The third kappa shape index (κ3) is 5.14. The van der Waals surface area contributed by atoms with Gasteiger partial charge in [-0.25, -0.2) is 0 Å². The molecule has 1 saturated heterocycles. The summed E-state index contributed by atoms with van der Waals surface area (Å²) in [5.74, 6) is -0.806. The molecule has 6 heteroatoms. The van der Waals surface area contributed by atoms with Gasteiger partial charge in [-0.2, -0.15) is 0 Å². The standard InChI is InChI=1S/C20H28N2O4/c1-5-20(3,4)11-15(21-18(24)14-9-7-6-8-10-14)19(25)22-17-13(2)26-12-16(17)23/h6-10,13,15,17H,5,11-12H2,1-4H3,(H,21,24)(H,22,25)/t13-,15-,17-/m0/s1. The number of Topliss-reactive ketones (excluding diaryl/α,β-unsaturated/α-hetero) is 1. The predicted molar refractivity (Wildman–Crippen MR) is 98.7 cm³/mol. The van der Waals surface area contributed by atoms with Crippen LogP contribution in [-0.4, -0.2) is 42.4 Å². The first-order valence-electron chi connectivity index (χ1n) is 9.04. The van der Waals surface area contributed by atoms with Gasteiger partial charge in [0.1, 0.15) is 18.7 Å². The first-order valence-corrected chi connectivity index (χ1v) is 9.04. The summed E-state index contributed by atoms with van der Waals surface area (Å²) in [5, 5.41) is 5.58. The van der Waals surface area contributed by atoms with Crippen LogP contribution in [-0.2, 0) is 14.3 Å². The second-order valence-corrected chi connectivity index (χ2v) is 7.58. The first-order chi connectivity index (χ1) is 12.2. The van der Waals surface area contributed by atoms with Crippen LogP contribution < -0.4 is 10.6 Å². The second kappa shape index (κ2) is 8.45. The van der Waals surface area contributed by atoms with Crippen LogP contribution in [0, 0.1) is 5.41 Å². The maximum absolute atomic E-state index is 12.8. The number of hydrogen-bond donors (Lipinski definition) is 2. The van der Waals surface area contributed by atoms with Gasteiger partial charge in [-0.15, -0.1) is 0 Å². The van der Waals surface area contributed by atoms with E-state index in [0.29, 0.717) is 12.0 Å². The number of carbonyl (C=O) groups is 3. The molecule has 0 saturated carbocycles. The molecule has 0 unspecified atom stereocenters. The van der Waals surface area contributed by atoms with E-state index in [1.54, 1.807) is 31.2 Å². The predicted octanol–water partition coefficient (Wildman–Crippen LogP) is 2.08. The lowest BCUT2D eigenvalue weighted by Crippen LogP contribution is -2.54. The quantitative estimate of drug-likeness (QED) is 0.780. The minimum Gasteiger partial charge on any atom is -0.368 e. The van der Waals surface area contributed by atoms with E-state index in [0.717, 1.165) is 6.42 Å². The molecule has 0 spiro atoms. The SMILES string of the molecule is CCC(C)(C)C[C@H](NC(=O)c1ccccc1)C(=O)N[C@@H]1C(=O)CO[C@H]1C. The van der Waals surface area contributed by atoms with Crippen LogP contribution in [0.2, 0.25) is 0 Å². The van der Waals surface area contributed by atoms with Crippen molar-refractivity contribution in [1.82, 2.24) is 10.6 Å². The average Bonchev–Trinajstić information content (AvgIpc) is 2.93. The van der Waals surface area contributed by atoms with E-state index in [-0.39, 0.29) is 35.7 Å². The van der Waals surface area contributed by atoms with Gasteiger partial charge in [0.2, 0.25) is 5.91 Å². The molecular weight excluding hydrogens is 332 g/mol. The minimum atomic E-state index is -0.724. The van der Waals surface area contributed by atoms with Gasteiger partial charge < -0.3 is 15.4 Å². The number of carbonyl (C=O) groups excluding carboxylic acids is 3. The van der Waals surface area contributed by atoms with Gasteiger partial charge in [-0.1, -0.05) is 45.4 Å². The molecular formula is C20H28N2O4. The van der Waals surface area contributed by atoms with Crippen LogP contribution in [0.15, 0.2) is 30.3 Å². The molecule has 2 rings (SSSR count). The van der Waals surface area contributed by atoms with Crippen molar-refractivity contribution in [3.8, 4) is 0 Å². The van der Waals surface area contributed by atoms with Gasteiger partial charge in [0.25, 0.3) is 5.91 Å². The van der Waals surface area contributed by atoms with Crippen LogP contribution >= 0.6 is 0 Å². The molecule has 1 fully saturated rings. The Bertz CT molecular complexity index is 657. The van der Waals surface area contributed by atoms with Crippen molar-refractivity contribution in [2.75, 3.05) is 6.61 Å². The van der Waals surface area contributed by atoms with E-state index in [1.165, 1.54) is 0 Å². The van der Waals surface area contributed by atoms with Crippen molar-refractivity contribution in [3.05, 3.63) is 35.9 Å². The van der Waals surface area contributed by atoms with Gasteiger partial charge in [0.05, 0.1) is 6.10 Å². The summed E-state index contributed by atoms with van der Waals surface area (Å²) in [7, 11) is 0. The zero-order chi connectivity index (χ0) is 19.3. The Hall–Kier alpha value is -2.21. The van der Waals surface area contributed by atoms with Crippen LogP contribution in [0.25, 0.3) is 0 Å².